The minimum Gasteiger partial charge on any atom is -0.352 e. The highest BCUT2D eigenvalue weighted by Crippen LogP contribution is 2.18. The molecule has 0 radical (unpaired) electrons. The number of aryl methyl sites for hydroxylation is 1. The molecule has 0 aliphatic heterocycles. The second-order valence-electron chi connectivity index (χ2n) is 7.47. The van der Waals surface area contributed by atoms with Crippen LogP contribution in [-0.2, 0) is 21.9 Å². The van der Waals surface area contributed by atoms with Crippen LogP contribution in [0.1, 0.15) is 37.5 Å². The van der Waals surface area contributed by atoms with Gasteiger partial charge in [-0.05, 0) is 51.0 Å². The summed E-state index contributed by atoms with van der Waals surface area (Å²) in [7, 11) is 0. The second-order valence-corrected chi connectivity index (χ2v) is 8.89. The Hall–Kier alpha value is -1.98. The predicted octanol–water partition coefficient (Wildman–Crippen LogP) is 4.82. The number of rotatable bonds is 9. The molecule has 0 aliphatic carbocycles. The topological polar surface area (TPSA) is 49.4 Å². The van der Waals surface area contributed by atoms with E-state index in [0.29, 0.717) is 17.3 Å². The van der Waals surface area contributed by atoms with Gasteiger partial charge >= 0.3 is 0 Å². The molecule has 2 rings (SSSR count). The molecule has 4 nitrogen and oxygen atoms in total. The first-order valence-electron chi connectivity index (χ1n) is 9.74. The van der Waals surface area contributed by atoms with Crippen molar-refractivity contribution in [3.63, 3.8) is 0 Å². The van der Waals surface area contributed by atoms with Crippen LogP contribution in [0.25, 0.3) is 0 Å². The van der Waals surface area contributed by atoms with Gasteiger partial charge in [-0.25, -0.2) is 0 Å². The maximum Gasteiger partial charge on any atom is 0.242 e. The zero-order valence-electron chi connectivity index (χ0n) is 17.4. The molecule has 0 aromatic heterocycles. The quantitative estimate of drug-likeness (QED) is 0.617. The first-order valence-corrected chi connectivity index (χ1v) is 11.3. The van der Waals surface area contributed by atoms with E-state index in [1.165, 1.54) is 11.1 Å². The summed E-state index contributed by atoms with van der Waals surface area (Å²) in [4.78, 5) is 27.2. The van der Waals surface area contributed by atoms with Crippen molar-refractivity contribution < 1.29 is 9.59 Å². The third kappa shape index (κ3) is 7.75. The van der Waals surface area contributed by atoms with Crippen molar-refractivity contribution in [3.8, 4) is 0 Å². The van der Waals surface area contributed by atoms with Gasteiger partial charge in [0.1, 0.15) is 6.04 Å². The third-order valence-electron chi connectivity index (χ3n) is 4.46. The molecule has 0 saturated carbocycles. The Morgan fingerprint density at radius 2 is 1.76 bits per heavy atom. The molecule has 0 aliphatic rings. The summed E-state index contributed by atoms with van der Waals surface area (Å²) in [5, 5.41) is 3.51. The number of nitrogens with zero attached hydrogens (tertiary/aromatic N) is 1. The van der Waals surface area contributed by atoms with Crippen LogP contribution in [0.3, 0.4) is 0 Å². The predicted molar refractivity (Wildman–Crippen MR) is 122 cm³/mol. The first kappa shape index (κ1) is 23.3. The zero-order chi connectivity index (χ0) is 21.4. The fourth-order valence-corrected chi connectivity index (χ4v) is 3.93. The van der Waals surface area contributed by atoms with Crippen LogP contribution in [-0.4, -0.2) is 34.6 Å². The van der Waals surface area contributed by atoms with E-state index in [9.17, 15) is 9.59 Å². The van der Waals surface area contributed by atoms with E-state index in [2.05, 4.69) is 36.5 Å². The number of thioether (sulfide) groups is 1. The molecular weight excluding hydrogens is 404 g/mol. The van der Waals surface area contributed by atoms with Crippen molar-refractivity contribution in [3.05, 3.63) is 70.2 Å². The number of carbonyl (C=O) groups excluding carboxylic acids is 2. The molecule has 0 fully saturated rings. The molecule has 1 unspecified atom stereocenters. The summed E-state index contributed by atoms with van der Waals surface area (Å²) in [5.74, 6) is 0.851. The van der Waals surface area contributed by atoms with E-state index >= 15 is 0 Å². The SMILES string of the molecule is Cc1ccc(CSCC(=O)N(Cc2cccc(Cl)c2)C(C)C(=O)NC(C)C)cc1. The Labute approximate surface area is 183 Å². The minimum atomic E-state index is -0.566. The Morgan fingerprint density at radius 3 is 2.38 bits per heavy atom. The summed E-state index contributed by atoms with van der Waals surface area (Å²) in [6.07, 6.45) is 0. The van der Waals surface area contributed by atoms with E-state index in [0.717, 1.165) is 11.3 Å². The molecule has 2 aromatic rings. The van der Waals surface area contributed by atoms with E-state index in [1.807, 2.05) is 32.0 Å². The van der Waals surface area contributed by atoms with Gasteiger partial charge in [-0.2, -0.15) is 0 Å². The van der Waals surface area contributed by atoms with E-state index < -0.39 is 6.04 Å². The number of amides is 2. The lowest BCUT2D eigenvalue weighted by Crippen LogP contribution is -2.49. The number of hydrogen-bond donors (Lipinski definition) is 1. The molecule has 0 heterocycles. The number of halogens is 1. The highest BCUT2D eigenvalue weighted by atomic mass is 35.5. The maximum atomic E-state index is 13.0. The van der Waals surface area contributed by atoms with Crippen molar-refractivity contribution in [2.45, 2.75) is 52.1 Å². The van der Waals surface area contributed by atoms with Gasteiger partial charge in [0.25, 0.3) is 0 Å². The van der Waals surface area contributed by atoms with E-state index in [1.54, 1.807) is 29.7 Å². The van der Waals surface area contributed by atoms with Gasteiger partial charge in [0.2, 0.25) is 11.8 Å². The molecule has 0 spiro atoms. The molecular formula is C23H29ClN2O2S. The van der Waals surface area contributed by atoms with Gasteiger partial charge in [-0.1, -0.05) is 53.6 Å². The molecule has 6 heteroatoms. The van der Waals surface area contributed by atoms with Crippen molar-refractivity contribution in [2.24, 2.45) is 0 Å². The molecule has 2 aromatic carbocycles. The number of benzene rings is 2. The molecule has 0 bridgehead atoms. The molecule has 0 saturated heterocycles. The average molecular weight is 433 g/mol. The highest BCUT2D eigenvalue weighted by molar-refractivity contribution is 7.99. The van der Waals surface area contributed by atoms with Gasteiger partial charge < -0.3 is 10.2 Å². The van der Waals surface area contributed by atoms with Crippen LogP contribution in [0, 0.1) is 6.92 Å². The summed E-state index contributed by atoms with van der Waals surface area (Å²) >= 11 is 7.65. The second kappa shape index (κ2) is 11.3. The van der Waals surface area contributed by atoms with Crippen LogP contribution in [0.4, 0.5) is 0 Å². The lowest BCUT2D eigenvalue weighted by atomic mass is 10.1. The first-order chi connectivity index (χ1) is 13.8. The Morgan fingerprint density at radius 1 is 1.07 bits per heavy atom. The van der Waals surface area contributed by atoms with Gasteiger partial charge in [-0.3, -0.25) is 9.59 Å². The summed E-state index contributed by atoms with van der Waals surface area (Å²) in [6.45, 7) is 7.98. The van der Waals surface area contributed by atoms with Crippen LogP contribution < -0.4 is 5.32 Å². The lowest BCUT2D eigenvalue weighted by molar-refractivity contribution is -0.138. The number of carbonyl (C=O) groups is 2. The Kier molecular flexibility index (Phi) is 9.05. The summed E-state index contributed by atoms with van der Waals surface area (Å²) < 4.78 is 0. The molecule has 156 valence electrons. The molecule has 29 heavy (non-hydrogen) atoms. The van der Waals surface area contributed by atoms with E-state index in [4.69, 9.17) is 11.6 Å². The van der Waals surface area contributed by atoms with E-state index in [-0.39, 0.29) is 17.9 Å². The van der Waals surface area contributed by atoms with Crippen LogP contribution >= 0.6 is 23.4 Å². The standard InChI is InChI=1S/C23H29ClN2O2S/c1-16(2)25-23(28)18(4)26(13-20-6-5-7-21(24)12-20)22(27)15-29-14-19-10-8-17(3)9-11-19/h5-12,16,18H,13-15H2,1-4H3,(H,25,28). The highest BCUT2D eigenvalue weighted by Gasteiger charge is 2.26. The largest absolute Gasteiger partial charge is 0.352 e. The smallest absolute Gasteiger partial charge is 0.242 e. The van der Waals surface area contributed by atoms with Crippen LogP contribution in [0.2, 0.25) is 5.02 Å². The Balaban J connectivity index is 2.06. The third-order valence-corrected chi connectivity index (χ3v) is 5.68. The lowest BCUT2D eigenvalue weighted by Gasteiger charge is -2.29. The van der Waals surface area contributed by atoms with Crippen LogP contribution in [0.5, 0.6) is 0 Å². The van der Waals surface area contributed by atoms with Crippen LogP contribution in [0.15, 0.2) is 48.5 Å². The van der Waals surface area contributed by atoms with Crippen molar-refractivity contribution in [1.82, 2.24) is 10.2 Å². The van der Waals surface area contributed by atoms with Gasteiger partial charge in [-0.15, -0.1) is 11.8 Å². The Bertz CT molecular complexity index is 824. The van der Waals surface area contributed by atoms with Gasteiger partial charge in [0.05, 0.1) is 5.75 Å². The van der Waals surface area contributed by atoms with Crippen molar-refractivity contribution >= 4 is 35.2 Å². The molecule has 2 amide bonds. The zero-order valence-corrected chi connectivity index (χ0v) is 19.0. The summed E-state index contributed by atoms with van der Waals surface area (Å²) in [5.41, 5.74) is 3.30. The monoisotopic (exact) mass is 432 g/mol. The summed E-state index contributed by atoms with van der Waals surface area (Å²) in [6, 6.07) is 15.1. The minimum absolute atomic E-state index is 0.0176. The average Bonchev–Trinajstić information content (AvgIpc) is 2.66. The van der Waals surface area contributed by atoms with Gasteiger partial charge in [0, 0.05) is 23.4 Å². The van der Waals surface area contributed by atoms with Gasteiger partial charge in [0.15, 0.2) is 0 Å². The molecule has 1 atom stereocenters. The van der Waals surface area contributed by atoms with Crippen molar-refractivity contribution in [2.75, 3.05) is 5.75 Å². The number of hydrogen-bond acceptors (Lipinski definition) is 3. The fraction of sp³-hybridized carbons (Fsp3) is 0.391. The number of nitrogens with one attached hydrogen (secondary N) is 1. The van der Waals surface area contributed by atoms with Crippen molar-refractivity contribution in [1.29, 1.82) is 0 Å². The fourth-order valence-electron chi connectivity index (χ4n) is 2.84. The normalized spacial score (nSPS) is 11.9. The maximum absolute atomic E-state index is 13.0. The molecule has 1 N–H and O–H groups in total.